The highest BCUT2D eigenvalue weighted by Crippen LogP contribution is 2.64. The molecule has 1 aromatic heterocycles. The third kappa shape index (κ3) is 1.09. The van der Waals surface area contributed by atoms with E-state index in [9.17, 15) is 5.11 Å². The number of aliphatic hydroxyl groups excluding tert-OH is 1. The number of hydrogen-bond acceptors (Lipinski definition) is 2. The van der Waals surface area contributed by atoms with Gasteiger partial charge in [0, 0.05) is 5.41 Å². The first-order valence-corrected chi connectivity index (χ1v) is 5.64. The van der Waals surface area contributed by atoms with E-state index < -0.39 is 0 Å². The molecule has 3 nitrogen and oxygen atoms in total. The second-order valence-corrected chi connectivity index (χ2v) is 5.44. The Balaban J connectivity index is 2.12. The molecule has 84 valence electrons. The Bertz CT molecular complexity index is 544. The first-order chi connectivity index (χ1) is 7.59. The van der Waals surface area contributed by atoms with Gasteiger partial charge in [0.1, 0.15) is 0 Å². The van der Waals surface area contributed by atoms with Gasteiger partial charge in [0.2, 0.25) is 0 Å². The molecule has 0 aliphatic heterocycles. The van der Waals surface area contributed by atoms with Crippen molar-refractivity contribution in [2.75, 3.05) is 6.61 Å². The fourth-order valence-electron chi connectivity index (χ4n) is 2.80. The Morgan fingerprint density at radius 3 is 2.81 bits per heavy atom. The van der Waals surface area contributed by atoms with Crippen molar-refractivity contribution in [3.63, 3.8) is 0 Å². The Kier molecular flexibility index (Phi) is 1.76. The lowest BCUT2D eigenvalue weighted by atomic mass is 9.88. The second-order valence-electron chi connectivity index (χ2n) is 5.44. The van der Waals surface area contributed by atoms with E-state index in [-0.39, 0.29) is 17.4 Å². The topological polar surface area (TPSA) is 48.9 Å². The summed E-state index contributed by atoms with van der Waals surface area (Å²) in [6.45, 7) is 4.64. The molecule has 1 aromatic carbocycles. The summed E-state index contributed by atoms with van der Waals surface area (Å²) < 4.78 is 0. The standard InChI is InChI=1S/C13H16N2O/c1-12(2)6-13(12,7-16)9-3-4-10-11(5-9)15-8-14-10/h3-5,8,16H,6-7H2,1-2H3,(H,14,15). The van der Waals surface area contributed by atoms with Gasteiger partial charge in [0.05, 0.1) is 24.0 Å². The fourth-order valence-corrected chi connectivity index (χ4v) is 2.80. The van der Waals surface area contributed by atoms with Gasteiger partial charge in [-0.15, -0.1) is 0 Å². The van der Waals surface area contributed by atoms with Crippen LogP contribution in [-0.2, 0) is 5.41 Å². The number of benzene rings is 1. The molecule has 0 bridgehead atoms. The molecule has 1 atom stereocenters. The SMILES string of the molecule is CC1(C)CC1(CO)c1ccc2nc[nH]c2c1. The molecule has 16 heavy (non-hydrogen) atoms. The van der Waals surface area contributed by atoms with Crippen molar-refractivity contribution >= 4 is 11.0 Å². The number of aliphatic hydroxyl groups is 1. The highest BCUT2D eigenvalue weighted by molar-refractivity contribution is 5.75. The molecule has 1 aliphatic carbocycles. The molecule has 2 aromatic rings. The average Bonchev–Trinajstić information content (AvgIpc) is 2.63. The van der Waals surface area contributed by atoms with Crippen LogP contribution in [0.1, 0.15) is 25.8 Å². The molecular weight excluding hydrogens is 200 g/mol. The molecule has 1 fully saturated rings. The van der Waals surface area contributed by atoms with Crippen molar-refractivity contribution in [2.24, 2.45) is 5.41 Å². The monoisotopic (exact) mass is 216 g/mol. The van der Waals surface area contributed by atoms with Gasteiger partial charge in [-0.25, -0.2) is 4.98 Å². The summed E-state index contributed by atoms with van der Waals surface area (Å²) in [5, 5.41) is 9.64. The summed E-state index contributed by atoms with van der Waals surface area (Å²) in [4.78, 5) is 7.32. The van der Waals surface area contributed by atoms with Crippen molar-refractivity contribution in [3.05, 3.63) is 30.1 Å². The van der Waals surface area contributed by atoms with E-state index in [2.05, 4.69) is 35.9 Å². The molecule has 3 rings (SSSR count). The quantitative estimate of drug-likeness (QED) is 0.808. The zero-order valence-corrected chi connectivity index (χ0v) is 9.62. The molecule has 0 amide bonds. The smallest absolute Gasteiger partial charge is 0.0931 e. The molecule has 1 aliphatic rings. The van der Waals surface area contributed by atoms with Gasteiger partial charge in [-0.3, -0.25) is 0 Å². The van der Waals surface area contributed by atoms with Crippen molar-refractivity contribution in [2.45, 2.75) is 25.7 Å². The van der Waals surface area contributed by atoms with Crippen LogP contribution in [0.2, 0.25) is 0 Å². The minimum Gasteiger partial charge on any atom is -0.395 e. The summed E-state index contributed by atoms with van der Waals surface area (Å²) in [5.74, 6) is 0. The predicted octanol–water partition coefficient (Wildman–Crippen LogP) is 2.22. The van der Waals surface area contributed by atoms with Crippen LogP contribution in [0.25, 0.3) is 11.0 Å². The minimum absolute atomic E-state index is 0.0493. The first-order valence-electron chi connectivity index (χ1n) is 5.64. The third-order valence-electron chi connectivity index (χ3n) is 4.16. The third-order valence-corrected chi connectivity index (χ3v) is 4.16. The number of imidazole rings is 1. The van der Waals surface area contributed by atoms with E-state index in [1.54, 1.807) is 6.33 Å². The van der Waals surface area contributed by atoms with E-state index >= 15 is 0 Å². The van der Waals surface area contributed by atoms with E-state index in [0.717, 1.165) is 17.5 Å². The number of nitrogens with zero attached hydrogens (tertiary/aromatic N) is 1. The van der Waals surface area contributed by atoms with Crippen LogP contribution in [-0.4, -0.2) is 21.7 Å². The molecule has 0 radical (unpaired) electrons. The van der Waals surface area contributed by atoms with E-state index in [1.807, 2.05) is 6.07 Å². The van der Waals surface area contributed by atoms with Gasteiger partial charge in [-0.1, -0.05) is 19.9 Å². The van der Waals surface area contributed by atoms with Crippen molar-refractivity contribution < 1.29 is 5.11 Å². The summed E-state index contributed by atoms with van der Waals surface area (Å²) >= 11 is 0. The maximum absolute atomic E-state index is 9.64. The Morgan fingerprint density at radius 2 is 2.19 bits per heavy atom. The minimum atomic E-state index is -0.0493. The number of H-pyrrole nitrogens is 1. The summed E-state index contributed by atoms with van der Waals surface area (Å²) in [6.07, 6.45) is 2.76. The number of rotatable bonds is 2. The molecular formula is C13H16N2O. The predicted molar refractivity (Wildman–Crippen MR) is 63.3 cm³/mol. The maximum Gasteiger partial charge on any atom is 0.0931 e. The lowest BCUT2D eigenvalue weighted by Gasteiger charge is -2.18. The van der Waals surface area contributed by atoms with Crippen LogP contribution >= 0.6 is 0 Å². The summed E-state index contributed by atoms with van der Waals surface area (Å²) in [6, 6.07) is 6.23. The zero-order chi connectivity index (χ0) is 11.4. The van der Waals surface area contributed by atoms with Gasteiger partial charge in [-0.2, -0.15) is 0 Å². The van der Waals surface area contributed by atoms with E-state index in [1.165, 1.54) is 5.56 Å². The molecule has 1 saturated carbocycles. The molecule has 0 saturated heterocycles. The van der Waals surface area contributed by atoms with Crippen LogP contribution in [0.3, 0.4) is 0 Å². The second kappa shape index (κ2) is 2.86. The highest BCUT2D eigenvalue weighted by atomic mass is 16.3. The van der Waals surface area contributed by atoms with E-state index in [0.29, 0.717) is 0 Å². The number of aromatic nitrogens is 2. The van der Waals surface area contributed by atoms with Gasteiger partial charge >= 0.3 is 0 Å². The van der Waals surface area contributed by atoms with Crippen molar-refractivity contribution in [3.8, 4) is 0 Å². The fraction of sp³-hybridized carbons (Fsp3) is 0.462. The zero-order valence-electron chi connectivity index (χ0n) is 9.62. The summed E-state index contributed by atoms with van der Waals surface area (Å²) in [5.41, 5.74) is 3.40. The van der Waals surface area contributed by atoms with Crippen LogP contribution in [0.15, 0.2) is 24.5 Å². The normalized spacial score (nSPS) is 27.2. The van der Waals surface area contributed by atoms with Crippen LogP contribution < -0.4 is 0 Å². The summed E-state index contributed by atoms with van der Waals surface area (Å²) in [7, 11) is 0. The molecule has 1 heterocycles. The Labute approximate surface area is 94.5 Å². The largest absolute Gasteiger partial charge is 0.395 e. The Hall–Kier alpha value is -1.35. The van der Waals surface area contributed by atoms with Crippen LogP contribution in [0.5, 0.6) is 0 Å². The van der Waals surface area contributed by atoms with Gasteiger partial charge in [-0.05, 0) is 29.5 Å². The Morgan fingerprint density at radius 1 is 1.44 bits per heavy atom. The average molecular weight is 216 g/mol. The molecule has 1 unspecified atom stereocenters. The highest BCUT2D eigenvalue weighted by Gasteiger charge is 2.61. The first kappa shape index (κ1) is 9.85. The number of nitrogens with one attached hydrogen (secondary N) is 1. The number of fused-ring (bicyclic) bond motifs is 1. The van der Waals surface area contributed by atoms with Crippen LogP contribution in [0.4, 0.5) is 0 Å². The van der Waals surface area contributed by atoms with Gasteiger partial charge < -0.3 is 10.1 Å². The molecule has 2 N–H and O–H groups in total. The van der Waals surface area contributed by atoms with Crippen molar-refractivity contribution in [1.29, 1.82) is 0 Å². The van der Waals surface area contributed by atoms with Crippen LogP contribution in [0, 0.1) is 5.41 Å². The van der Waals surface area contributed by atoms with E-state index in [4.69, 9.17) is 0 Å². The number of aromatic amines is 1. The molecule has 3 heteroatoms. The number of hydrogen-bond donors (Lipinski definition) is 2. The van der Waals surface area contributed by atoms with Crippen molar-refractivity contribution in [1.82, 2.24) is 9.97 Å². The maximum atomic E-state index is 9.64. The lowest BCUT2D eigenvalue weighted by molar-refractivity contribution is 0.231. The molecule has 0 spiro atoms. The lowest BCUT2D eigenvalue weighted by Crippen LogP contribution is -2.19. The van der Waals surface area contributed by atoms with Gasteiger partial charge in [0.25, 0.3) is 0 Å². The van der Waals surface area contributed by atoms with Gasteiger partial charge in [0.15, 0.2) is 0 Å².